The van der Waals surface area contributed by atoms with Crippen molar-refractivity contribution in [3.05, 3.63) is 10.8 Å². The van der Waals surface area contributed by atoms with Gasteiger partial charge in [0.25, 0.3) is 9.05 Å². The molecule has 1 rings (SSSR count). The molecule has 0 aliphatic heterocycles. The van der Waals surface area contributed by atoms with Gasteiger partial charge in [-0.15, -0.1) is 0 Å². The van der Waals surface area contributed by atoms with E-state index >= 15 is 0 Å². The van der Waals surface area contributed by atoms with E-state index in [0.717, 1.165) is 0 Å². The summed E-state index contributed by atoms with van der Waals surface area (Å²) in [5.74, 6) is 0. The van der Waals surface area contributed by atoms with E-state index in [0.29, 0.717) is 0 Å². The standard InChI is InChI=1S/C8H12Cl2N2O3S/c1-5(2)12-8(9)7(16(10,13)14)6(11-12)4-15-3/h5H,4H2,1-3H3. The average molecular weight is 287 g/mol. The third-order valence-electron chi connectivity index (χ3n) is 1.89. The predicted octanol–water partition coefficient (Wildman–Crippen LogP) is 2.19. The molecule has 0 saturated heterocycles. The molecule has 1 aromatic rings. The van der Waals surface area contributed by atoms with Crippen LogP contribution < -0.4 is 0 Å². The maximum atomic E-state index is 11.4. The lowest BCUT2D eigenvalue weighted by Crippen LogP contribution is -2.03. The van der Waals surface area contributed by atoms with Gasteiger partial charge in [0.2, 0.25) is 0 Å². The summed E-state index contributed by atoms with van der Waals surface area (Å²) < 4.78 is 29.0. The maximum absolute atomic E-state index is 11.4. The van der Waals surface area contributed by atoms with Crippen LogP contribution in [0.3, 0.4) is 0 Å². The Morgan fingerprint density at radius 2 is 2.06 bits per heavy atom. The van der Waals surface area contributed by atoms with E-state index < -0.39 is 9.05 Å². The Hall–Kier alpha value is -0.300. The summed E-state index contributed by atoms with van der Waals surface area (Å²) in [7, 11) is 2.82. The summed E-state index contributed by atoms with van der Waals surface area (Å²) in [6.07, 6.45) is 0. The van der Waals surface area contributed by atoms with Gasteiger partial charge in [0.1, 0.15) is 15.7 Å². The van der Waals surface area contributed by atoms with Gasteiger partial charge in [-0.3, -0.25) is 0 Å². The second-order valence-electron chi connectivity index (χ2n) is 3.48. The topological polar surface area (TPSA) is 61.2 Å². The Labute approximate surface area is 104 Å². The molecule has 0 aromatic carbocycles. The zero-order valence-electron chi connectivity index (χ0n) is 9.07. The number of methoxy groups -OCH3 is 1. The molecule has 0 radical (unpaired) electrons. The molecule has 0 saturated carbocycles. The summed E-state index contributed by atoms with van der Waals surface area (Å²) in [5.41, 5.74) is 0.219. The fraction of sp³-hybridized carbons (Fsp3) is 0.625. The van der Waals surface area contributed by atoms with Gasteiger partial charge >= 0.3 is 0 Å². The number of rotatable bonds is 4. The van der Waals surface area contributed by atoms with E-state index in [2.05, 4.69) is 5.10 Å². The molecule has 1 heterocycles. The summed E-state index contributed by atoms with van der Waals surface area (Å²) in [5, 5.41) is 4.07. The zero-order chi connectivity index (χ0) is 12.5. The molecule has 1 aromatic heterocycles. The van der Waals surface area contributed by atoms with E-state index in [-0.39, 0.29) is 28.4 Å². The van der Waals surface area contributed by atoms with Gasteiger partial charge in [-0.1, -0.05) is 11.6 Å². The van der Waals surface area contributed by atoms with E-state index in [1.807, 2.05) is 13.8 Å². The Bertz CT molecular complexity index is 482. The fourth-order valence-electron chi connectivity index (χ4n) is 1.26. The smallest absolute Gasteiger partial charge is 0.266 e. The molecule has 0 unspecified atom stereocenters. The molecule has 0 amide bonds. The van der Waals surface area contributed by atoms with Gasteiger partial charge < -0.3 is 4.74 Å². The summed E-state index contributed by atoms with van der Waals surface area (Å²) in [6, 6.07) is -0.0599. The lowest BCUT2D eigenvalue weighted by Gasteiger charge is -2.05. The number of hydrogen-bond donors (Lipinski definition) is 0. The maximum Gasteiger partial charge on any atom is 0.266 e. The van der Waals surface area contributed by atoms with Crippen LogP contribution in [0.5, 0.6) is 0 Å². The van der Waals surface area contributed by atoms with Crippen molar-refractivity contribution >= 4 is 31.3 Å². The predicted molar refractivity (Wildman–Crippen MR) is 61.4 cm³/mol. The Balaban J connectivity index is 3.44. The van der Waals surface area contributed by atoms with Crippen molar-refractivity contribution in [2.45, 2.75) is 31.4 Å². The molecule has 0 bridgehead atoms. The highest BCUT2D eigenvalue weighted by atomic mass is 35.7. The van der Waals surface area contributed by atoms with Gasteiger partial charge in [-0.25, -0.2) is 13.1 Å². The van der Waals surface area contributed by atoms with Crippen molar-refractivity contribution < 1.29 is 13.2 Å². The number of nitrogens with zero attached hydrogens (tertiary/aromatic N) is 2. The fourth-order valence-corrected chi connectivity index (χ4v) is 3.18. The summed E-state index contributed by atoms with van der Waals surface area (Å²) in [4.78, 5) is -0.175. The van der Waals surface area contributed by atoms with Gasteiger partial charge in [0.15, 0.2) is 0 Å². The summed E-state index contributed by atoms with van der Waals surface area (Å²) >= 11 is 5.93. The minimum Gasteiger partial charge on any atom is -0.378 e. The monoisotopic (exact) mass is 286 g/mol. The minimum atomic E-state index is -3.92. The third kappa shape index (κ3) is 2.68. The van der Waals surface area contributed by atoms with Crippen LogP contribution in [0.1, 0.15) is 25.6 Å². The molecule has 0 spiro atoms. The van der Waals surface area contributed by atoms with Gasteiger partial charge in [-0.05, 0) is 13.8 Å². The second kappa shape index (κ2) is 4.91. The molecule has 5 nitrogen and oxygen atoms in total. The lowest BCUT2D eigenvalue weighted by atomic mass is 10.4. The Morgan fingerprint density at radius 1 is 1.50 bits per heavy atom. The van der Waals surface area contributed by atoms with Gasteiger partial charge in [0.05, 0.1) is 6.61 Å². The molecule has 0 aliphatic carbocycles. The molecule has 0 N–H and O–H groups in total. The highest BCUT2D eigenvalue weighted by Crippen LogP contribution is 2.30. The van der Waals surface area contributed by atoms with Crippen LogP contribution in [-0.2, 0) is 20.4 Å². The first-order valence-electron chi connectivity index (χ1n) is 4.49. The largest absolute Gasteiger partial charge is 0.378 e. The van der Waals surface area contributed by atoms with Crippen molar-refractivity contribution in [1.82, 2.24) is 9.78 Å². The molecule has 8 heteroatoms. The second-order valence-corrected chi connectivity index (χ2v) is 6.34. The van der Waals surface area contributed by atoms with Crippen molar-refractivity contribution in [1.29, 1.82) is 0 Å². The molecular weight excluding hydrogens is 275 g/mol. The first kappa shape index (κ1) is 13.8. The van der Waals surface area contributed by atoms with Crippen molar-refractivity contribution in [3.63, 3.8) is 0 Å². The number of halogens is 2. The van der Waals surface area contributed by atoms with Gasteiger partial charge in [-0.2, -0.15) is 5.10 Å². The SMILES string of the molecule is COCc1nn(C(C)C)c(Cl)c1S(=O)(=O)Cl. The highest BCUT2D eigenvalue weighted by Gasteiger charge is 2.27. The van der Waals surface area contributed by atoms with E-state index in [9.17, 15) is 8.42 Å². The van der Waals surface area contributed by atoms with Crippen LogP contribution >= 0.6 is 22.3 Å². The number of hydrogen-bond acceptors (Lipinski definition) is 4. The quantitative estimate of drug-likeness (QED) is 0.796. The average Bonchev–Trinajstić information content (AvgIpc) is 2.42. The van der Waals surface area contributed by atoms with Crippen molar-refractivity contribution in [2.24, 2.45) is 0 Å². The molecule has 0 atom stereocenters. The molecule has 0 aliphatic rings. The Kier molecular flexibility index (Phi) is 4.23. The zero-order valence-corrected chi connectivity index (χ0v) is 11.4. The van der Waals surface area contributed by atoms with E-state index in [1.165, 1.54) is 11.8 Å². The molecular formula is C8H12Cl2N2O3S. The van der Waals surface area contributed by atoms with Crippen LogP contribution in [-0.4, -0.2) is 25.3 Å². The highest BCUT2D eigenvalue weighted by molar-refractivity contribution is 8.13. The first-order valence-corrected chi connectivity index (χ1v) is 7.18. The normalized spacial score (nSPS) is 12.4. The van der Waals surface area contributed by atoms with Crippen molar-refractivity contribution in [2.75, 3.05) is 7.11 Å². The van der Waals surface area contributed by atoms with Crippen LogP contribution in [0.4, 0.5) is 0 Å². The Morgan fingerprint density at radius 3 is 2.44 bits per heavy atom. The number of ether oxygens (including phenoxy) is 1. The van der Waals surface area contributed by atoms with E-state index in [1.54, 1.807) is 0 Å². The van der Waals surface area contributed by atoms with Crippen LogP contribution in [0.25, 0.3) is 0 Å². The molecule has 16 heavy (non-hydrogen) atoms. The van der Waals surface area contributed by atoms with Crippen LogP contribution in [0.2, 0.25) is 5.15 Å². The first-order chi connectivity index (χ1) is 7.29. The molecule has 92 valence electrons. The third-order valence-corrected chi connectivity index (χ3v) is 3.75. The van der Waals surface area contributed by atoms with Gasteiger partial charge in [0, 0.05) is 23.8 Å². The summed E-state index contributed by atoms with van der Waals surface area (Å²) in [6.45, 7) is 3.71. The molecule has 0 fully saturated rings. The van der Waals surface area contributed by atoms with Crippen LogP contribution in [0.15, 0.2) is 4.90 Å². The number of aromatic nitrogens is 2. The van der Waals surface area contributed by atoms with Crippen LogP contribution in [0, 0.1) is 0 Å². The minimum absolute atomic E-state index is 0.0112. The van der Waals surface area contributed by atoms with Crippen molar-refractivity contribution in [3.8, 4) is 0 Å². The lowest BCUT2D eigenvalue weighted by molar-refractivity contribution is 0.178. The van der Waals surface area contributed by atoms with E-state index in [4.69, 9.17) is 27.0 Å².